The number of rotatable bonds is 60. The van der Waals surface area contributed by atoms with Crippen LogP contribution >= 0.6 is 0 Å². The quantitative estimate of drug-likeness (QED) is 0.0201. The molecular formula is C84H154N6O40. The number of carboxylic acids is 2. The molecule has 0 bridgehead atoms. The average Bonchev–Trinajstić information content (AvgIpc) is 0.748. The van der Waals surface area contributed by atoms with Crippen LogP contribution in [0.1, 0.15) is 220 Å². The van der Waals surface area contributed by atoms with E-state index in [1.807, 2.05) is 6.08 Å². The highest BCUT2D eigenvalue weighted by Gasteiger charge is 2.63. The van der Waals surface area contributed by atoms with E-state index in [0.29, 0.717) is 12.8 Å². The Morgan fingerprint density at radius 2 is 0.815 bits per heavy atom. The molecule has 6 saturated heterocycles. The summed E-state index contributed by atoms with van der Waals surface area (Å²) in [5.74, 6) is -14.7. The summed E-state index contributed by atoms with van der Waals surface area (Å²) in [6.07, 6.45) is -29.9. The van der Waals surface area contributed by atoms with E-state index in [4.69, 9.17) is 56.8 Å². The summed E-state index contributed by atoms with van der Waals surface area (Å²) in [7, 11) is 0. The molecule has 0 saturated carbocycles. The number of ether oxygens (including phenoxy) is 12. The summed E-state index contributed by atoms with van der Waals surface area (Å²) in [6.45, 7) is -2.83. The number of aliphatic hydroxyl groups excluding tert-OH is 20. The maximum Gasteiger partial charge on any atom is 0.364 e. The number of aliphatic hydroxyl groups is 20. The third-order valence-electron chi connectivity index (χ3n) is 24.2. The predicted molar refractivity (Wildman–Crippen MR) is 451 cm³/mol. The first-order valence-corrected chi connectivity index (χ1v) is 45.4. The van der Waals surface area contributed by atoms with Crippen LogP contribution in [0, 0.1) is 0 Å². The molecule has 32 N–H and O–H groups in total. The molecule has 34 atom stereocenters. The topological polar surface area (TPSA) is 776 Å². The molecule has 130 heavy (non-hydrogen) atoms. The van der Waals surface area contributed by atoms with Crippen LogP contribution in [0.5, 0.6) is 0 Å². The van der Waals surface area contributed by atoms with Crippen molar-refractivity contribution >= 4 is 35.6 Å². The van der Waals surface area contributed by atoms with Crippen LogP contribution in [0.3, 0.4) is 0 Å². The van der Waals surface area contributed by atoms with E-state index in [1.54, 1.807) is 6.08 Å². The van der Waals surface area contributed by atoms with Gasteiger partial charge in [0.05, 0.1) is 82.7 Å². The van der Waals surface area contributed by atoms with Gasteiger partial charge in [-0.15, -0.1) is 0 Å². The number of aliphatic carboxylic acids is 2. The lowest BCUT2D eigenvalue weighted by molar-refractivity contribution is -0.393. The molecule has 46 heteroatoms. The zero-order valence-electron chi connectivity index (χ0n) is 75.1. The van der Waals surface area contributed by atoms with E-state index in [9.17, 15) is 141 Å². The van der Waals surface area contributed by atoms with Crippen molar-refractivity contribution in [3.05, 3.63) is 12.2 Å². The monoisotopic (exact) mass is 1890 g/mol. The number of unbranched alkanes of at least 4 members (excludes halogenated alkanes) is 25. The molecule has 6 aliphatic rings. The van der Waals surface area contributed by atoms with E-state index < -0.39 is 303 Å². The van der Waals surface area contributed by atoms with Crippen molar-refractivity contribution in [2.75, 3.05) is 52.9 Å². The number of carbonyl (C=O) groups is 6. The highest BCUT2D eigenvalue weighted by Crippen LogP contribution is 2.42. The average molecular weight is 1890 g/mol. The summed E-state index contributed by atoms with van der Waals surface area (Å²) in [4.78, 5) is 78.5. The van der Waals surface area contributed by atoms with Crippen LogP contribution in [-0.4, -0.2) is 408 Å². The second-order valence-electron chi connectivity index (χ2n) is 34.3. The van der Waals surface area contributed by atoms with Gasteiger partial charge in [0.1, 0.15) is 141 Å². The first-order chi connectivity index (χ1) is 61.1. The minimum atomic E-state index is -3.47. The van der Waals surface area contributed by atoms with E-state index >= 15 is 0 Å². The van der Waals surface area contributed by atoms with Crippen LogP contribution in [0.2, 0.25) is 0 Å². The van der Waals surface area contributed by atoms with E-state index in [-0.39, 0.29) is 24.6 Å². The fraction of sp³-hybridized carbons (Fsp3) is 0.905. The minimum absolute atomic E-state index is 0. The van der Waals surface area contributed by atoms with Crippen LogP contribution in [-0.2, 0) is 85.6 Å². The Balaban J connectivity index is 0.0000177. The Kier molecular flexibility index (Phi) is 54.3. The fourth-order valence-electron chi connectivity index (χ4n) is 16.8. The lowest BCUT2D eigenvalue weighted by Crippen LogP contribution is -2.71. The number of carbonyl (C=O) groups excluding carboxylic acids is 4. The number of carboxylic acid groups (broad SMARTS) is 2. The molecule has 0 aromatic heterocycles. The molecule has 6 rings (SSSR count). The van der Waals surface area contributed by atoms with Crippen LogP contribution in [0.4, 0.5) is 0 Å². The zero-order valence-corrected chi connectivity index (χ0v) is 75.1. The Labute approximate surface area is 757 Å². The smallest absolute Gasteiger partial charge is 0.364 e. The van der Waals surface area contributed by atoms with Gasteiger partial charge in [0.25, 0.3) is 11.6 Å². The summed E-state index contributed by atoms with van der Waals surface area (Å²) in [5.41, 5.74) is 0. The number of nitrogens with one attached hydrogen (secondary N) is 4. The molecule has 4 amide bonds. The lowest BCUT2D eigenvalue weighted by Gasteiger charge is -2.51. The molecule has 6 aliphatic heterocycles. The number of hydrogen-bond acceptors (Lipinski definition) is 40. The normalized spacial score (nSPS) is 34.4. The molecular weight excluding hydrogens is 1730 g/mol. The summed E-state index contributed by atoms with van der Waals surface area (Å²) in [5, 5.41) is 255. The molecule has 0 aromatic rings. The summed E-state index contributed by atoms with van der Waals surface area (Å²) >= 11 is 0. The van der Waals surface area contributed by atoms with Crippen molar-refractivity contribution in [2.45, 2.75) is 428 Å². The van der Waals surface area contributed by atoms with E-state index in [1.165, 1.54) is 103 Å². The van der Waals surface area contributed by atoms with Crippen molar-refractivity contribution < 1.29 is 198 Å². The highest BCUT2D eigenvalue weighted by atomic mass is 16.8. The van der Waals surface area contributed by atoms with Crippen molar-refractivity contribution in [1.29, 1.82) is 0 Å². The molecule has 6 fully saturated rings. The van der Waals surface area contributed by atoms with Crippen LogP contribution in [0.15, 0.2) is 12.2 Å². The highest BCUT2D eigenvalue weighted by molar-refractivity contribution is 5.79. The van der Waals surface area contributed by atoms with Crippen molar-refractivity contribution in [3.63, 3.8) is 0 Å². The zero-order chi connectivity index (χ0) is 94.5. The van der Waals surface area contributed by atoms with Crippen LogP contribution in [0.25, 0.3) is 0 Å². The fourth-order valence-corrected chi connectivity index (χ4v) is 16.8. The van der Waals surface area contributed by atoms with Gasteiger partial charge in [0, 0.05) is 33.1 Å². The van der Waals surface area contributed by atoms with Gasteiger partial charge in [0.2, 0.25) is 23.6 Å². The third kappa shape index (κ3) is 34.4. The van der Waals surface area contributed by atoms with Gasteiger partial charge in [-0.25, -0.2) is 9.59 Å². The Hall–Kier alpha value is -4.80. The molecule has 6 heterocycles. The Bertz CT molecular complexity index is 3230. The molecule has 0 aromatic carbocycles. The van der Waals surface area contributed by atoms with Crippen LogP contribution < -0.4 is 33.6 Å². The van der Waals surface area contributed by atoms with E-state index in [2.05, 4.69) is 35.1 Å². The second kappa shape index (κ2) is 60.0. The van der Waals surface area contributed by atoms with Gasteiger partial charge in [-0.05, 0) is 19.3 Å². The lowest BCUT2D eigenvalue weighted by atomic mass is 9.88. The summed E-state index contributed by atoms with van der Waals surface area (Å²) < 4.78 is 71.0. The number of amides is 4. The first-order valence-electron chi connectivity index (χ1n) is 45.4. The molecule has 0 spiro atoms. The van der Waals surface area contributed by atoms with Gasteiger partial charge in [-0.1, -0.05) is 180 Å². The maximum absolute atomic E-state index is 13.6. The van der Waals surface area contributed by atoms with Gasteiger partial charge < -0.3 is 203 Å². The second-order valence-corrected chi connectivity index (χ2v) is 34.3. The SMILES string of the molecule is CCCCCCCCCCCCC/C=C/[C@@H](O)[C@H](CO[C@@H]1O[C@H](CO)[C@@H](O[C@@H]2O[C@H](CO)[C@H](O[C@@H]3O[C@H](CO)[C@H](O[C@@H]4O[C@H](CO[C@]5(C(=O)O)C[C@H](O)[C@@H](NC(=O)CO)[C@H]([C@H](O)[C@H](O)CO)O5)[C@H](O)[C@H](O[C@]5(C(=O)O)C[C@H](O)[C@@H](NC(C)=O)[C@H]([C@H](O)[C@H](O)CO)O5)[C@H]4O)[C@H](O)[C@H]3NC(C)=O)[C@H](O)[C@H]2O)[C@H](O)[C@H]1O)NC(=O)CCCCCCCCCCCCCCCCC.N.N. The molecule has 0 aliphatic carbocycles. The van der Waals surface area contributed by atoms with Gasteiger partial charge >= 0.3 is 11.9 Å². The standard InChI is InChI=1S/C84H148N4O40.2H3N/c1-5-7-9-11-13-15-17-19-20-22-24-26-28-30-32-34-57(102)87-47(48(97)33-31-29-27-25-23-21-18-16-14-12-10-8-6-2)43-117-78-68(110)66(108)73(54(40-92)120-78)125-79-69(111)67(109)72(55(41-93)121-79)123-77-61(86-46(4)96)65(107)71(53(39-91)119-77)124-80-70(112)76(128-84(82(115)116)36-50(99)59(85-45(3)95)74(127-84)62(104)51(100)37-89)64(106)56(122-80)44-118-83(81(113)114)35-49(98)60(88-58(103)42-94)75(126-83)63(105)52(101)38-90;;/h31,33,47-56,59-80,89-94,97-101,104-112H,5-30,32,34-44H2,1-4H3,(H,85,95)(H,86,96)(H,87,102)(H,88,103)(H,113,114)(H,115,116);2*1H3/b33-31+;;/t47-,48+,49-,50-,51+,52+,53+,54+,55+,56+,59+,60+,61+,62+,63+,64-,65+,66+,67+,68+,69+,70+,71-,72-,73+,74+,75+,76-,77-,78+,79-,80-,83+,84-;;/m0../s1. The molecule has 46 nitrogen and oxygen atoms in total. The van der Waals surface area contributed by atoms with Crippen molar-refractivity contribution in [3.8, 4) is 0 Å². The third-order valence-corrected chi connectivity index (χ3v) is 24.2. The number of hydrogen-bond donors (Lipinski definition) is 28. The molecule has 0 unspecified atom stereocenters. The van der Waals surface area contributed by atoms with Gasteiger partial charge in [0.15, 0.2) is 25.2 Å². The molecule has 0 radical (unpaired) electrons. The predicted octanol–water partition coefficient (Wildman–Crippen LogP) is -4.57. The minimum Gasteiger partial charge on any atom is -0.477 e. The largest absolute Gasteiger partial charge is 0.477 e. The summed E-state index contributed by atoms with van der Waals surface area (Å²) in [6, 6.07) is -6.87. The first kappa shape index (κ1) is 118. The Morgan fingerprint density at radius 3 is 1.26 bits per heavy atom. The number of allylic oxidation sites excluding steroid dienone is 1. The van der Waals surface area contributed by atoms with Gasteiger partial charge in [-0.2, -0.15) is 0 Å². The van der Waals surface area contributed by atoms with Crippen molar-refractivity contribution in [1.82, 2.24) is 33.6 Å². The maximum atomic E-state index is 13.6. The van der Waals surface area contributed by atoms with E-state index in [0.717, 1.165) is 71.6 Å². The van der Waals surface area contributed by atoms with Gasteiger partial charge in [-0.3, -0.25) is 19.2 Å². The van der Waals surface area contributed by atoms with Crippen molar-refractivity contribution in [2.24, 2.45) is 0 Å². The Morgan fingerprint density at radius 1 is 0.431 bits per heavy atom. The molecule has 760 valence electrons.